The van der Waals surface area contributed by atoms with Crippen molar-refractivity contribution >= 4 is 16.9 Å². The van der Waals surface area contributed by atoms with Crippen LogP contribution in [0.5, 0.6) is 5.75 Å². The number of carboxylic acid groups (broad SMARTS) is 1. The molecule has 2 fully saturated rings. The average molecular weight is 474 g/mol. The van der Waals surface area contributed by atoms with Gasteiger partial charge in [0.05, 0.1) is 17.9 Å². The van der Waals surface area contributed by atoms with Gasteiger partial charge in [0.25, 0.3) is 0 Å². The summed E-state index contributed by atoms with van der Waals surface area (Å²) in [5.41, 5.74) is 5.23. The third-order valence-corrected chi connectivity index (χ3v) is 8.33. The van der Waals surface area contributed by atoms with Crippen LogP contribution in [0.15, 0.2) is 42.5 Å². The standard InChI is InChI=1S/C29H35N3O3/c1-30-13-14-31-16-29(17-31)18-32-24-15-21(28(33)34)11-12-22(24)26(20-7-3-2-4-8-20)27(32)23-9-5-6-10-25(23)35-19-29/h5-6,9-12,15,20,30H,2-4,7-8,13-14,16-19H2,1H3,(H,33,34). The maximum Gasteiger partial charge on any atom is 0.335 e. The van der Waals surface area contributed by atoms with Crippen molar-refractivity contribution in [2.24, 2.45) is 5.41 Å². The molecule has 3 aromatic rings. The molecule has 0 radical (unpaired) electrons. The molecule has 3 heterocycles. The number of fused-ring (bicyclic) bond motifs is 5. The van der Waals surface area contributed by atoms with Crippen molar-refractivity contribution in [3.8, 4) is 17.0 Å². The van der Waals surface area contributed by atoms with Crippen molar-refractivity contribution in [3.05, 3.63) is 53.6 Å². The van der Waals surface area contributed by atoms with Crippen molar-refractivity contribution in [3.63, 3.8) is 0 Å². The first kappa shape index (κ1) is 22.6. The highest BCUT2D eigenvalue weighted by Gasteiger charge is 2.46. The molecule has 0 unspecified atom stereocenters. The number of aromatic nitrogens is 1. The minimum absolute atomic E-state index is 0.0189. The van der Waals surface area contributed by atoms with Crippen LogP contribution in [0.2, 0.25) is 0 Å². The molecule has 35 heavy (non-hydrogen) atoms. The number of carboxylic acids is 1. The van der Waals surface area contributed by atoms with Gasteiger partial charge in [-0.05, 0) is 55.6 Å². The van der Waals surface area contributed by atoms with Gasteiger partial charge in [-0.25, -0.2) is 4.79 Å². The molecule has 6 nitrogen and oxygen atoms in total. The Morgan fingerprint density at radius 1 is 1.11 bits per heavy atom. The van der Waals surface area contributed by atoms with Crippen molar-refractivity contribution in [1.82, 2.24) is 14.8 Å². The molecule has 1 spiro atoms. The molecule has 2 aliphatic heterocycles. The Bertz CT molecular complexity index is 1250. The van der Waals surface area contributed by atoms with E-state index in [0.717, 1.165) is 49.6 Å². The van der Waals surface area contributed by atoms with E-state index in [0.29, 0.717) is 18.1 Å². The van der Waals surface area contributed by atoms with Crippen molar-refractivity contribution in [1.29, 1.82) is 0 Å². The predicted molar refractivity (Wildman–Crippen MR) is 138 cm³/mol. The molecule has 1 saturated carbocycles. The maximum atomic E-state index is 11.9. The smallest absolute Gasteiger partial charge is 0.335 e. The lowest BCUT2D eigenvalue weighted by Gasteiger charge is -2.51. The molecule has 2 N–H and O–H groups in total. The second-order valence-corrected chi connectivity index (χ2v) is 10.8. The van der Waals surface area contributed by atoms with Crippen LogP contribution in [-0.2, 0) is 6.54 Å². The highest BCUT2D eigenvalue weighted by Crippen LogP contribution is 2.49. The number of nitrogens with one attached hydrogen (secondary N) is 1. The first-order valence-electron chi connectivity index (χ1n) is 13.1. The third-order valence-electron chi connectivity index (χ3n) is 8.33. The molecular weight excluding hydrogens is 438 g/mol. The summed E-state index contributed by atoms with van der Waals surface area (Å²) in [6, 6.07) is 14.2. The van der Waals surface area contributed by atoms with Crippen molar-refractivity contribution in [2.45, 2.75) is 44.6 Å². The summed E-state index contributed by atoms with van der Waals surface area (Å²) in [6.45, 7) is 5.52. The van der Waals surface area contributed by atoms with Gasteiger partial charge in [-0.1, -0.05) is 37.5 Å². The Balaban J connectivity index is 1.55. The Morgan fingerprint density at radius 2 is 1.91 bits per heavy atom. The van der Waals surface area contributed by atoms with Gasteiger partial charge in [0.15, 0.2) is 0 Å². The van der Waals surface area contributed by atoms with Crippen LogP contribution in [-0.4, -0.2) is 60.4 Å². The molecule has 1 aliphatic carbocycles. The number of likely N-dealkylation sites (tertiary alicyclic amines) is 1. The van der Waals surface area contributed by atoms with Crippen LogP contribution in [0.4, 0.5) is 0 Å². The zero-order valence-electron chi connectivity index (χ0n) is 20.6. The quantitative estimate of drug-likeness (QED) is 0.548. The predicted octanol–water partition coefficient (Wildman–Crippen LogP) is 4.97. The number of benzene rings is 2. The second-order valence-electron chi connectivity index (χ2n) is 10.8. The van der Waals surface area contributed by atoms with Gasteiger partial charge in [-0.2, -0.15) is 0 Å². The number of carbonyl (C=O) groups is 1. The summed E-state index contributed by atoms with van der Waals surface area (Å²) >= 11 is 0. The van der Waals surface area contributed by atoms with E-state index in [1.54, 1.807) is 6.07 Å². The van der Waals surface area contributed by atoms with Gasteiger partial charge in [0.2, 0.25) is 0 Å². The first-order chi connectivity index (χ1) is 17.1. The Kier molecular flexibility index (Phi) is 5.81. The number of hydrogen-bond acceptors (Lipinski definition) is 4. The molecule has 2 aromatic carbocycles. The van der Waals surface area contributed by atoms with Crippen LogP contribution < -0.4 is 10.1 Å². The van der Waals surface area contributed by atoms with Crippen LogP contribution in [0.1, 0.15) is 53.9 Å². The van der Waals surface area contributed by atoms with Gasteiger partial charge >= 0.3 is 5.97 Å². The molecule has 6 heteroatoms. The summed E-state index contributed by atoms with van der Waals surface area (Å²) in [7, 11) is 2.00. The minimum atomic E-state index is -0.868. The van der Waals surface area contributed by atoms with E-state index in [4.69, 9.17) is 4.74 Å². The number of hydrogen-bond donors (Lipinski definition) is 2. The number of aromatic carboxylic acids is 1. The first-order valence-corrected chi connectivity index (χ1v) is 13.1. The molecule has 184 valence electrons. The highest BCUT2D eigenvalue weighted by atomic mass is 16.5. The molecule has 0 atom stereocenters. The van der Waals surface area contributed by atoms with Crippen LogP contribution in [0.25, 0.3) is 22.2 Å². The van der Waals surface area contributed by atoms with Crippen molar-refractivity contribution < 1.29 is 14.6 Å². The zero-order valence-corrected chi connectivity index (χ0v) is 20.6. The fraction of sp³-hybridized carbons (Fsp3) is 0.483. The Morgan fingerprint density at radius 3 is 2.69 bits per heavy atom. The van der Waals surface area contributed by atoms with E-state index >= 15 is 0 Å². The van der Waals surface area contributed by atoms with E-state index in [9.17, 15) is 9.90 Å². The van der Waals surface area contributed by atoms with E-state index in [1.165, 1.54) is 48.7 Å². The summed E-state index contributed by atoms with van der Waals surface area (Å²) < 4.78 is 9.01. The van der Waals surface area contributed by atoms with Gasteiger partial charge in [-0.15, -0.1) is 0 Å². The van der Waals surface area contributed by atoms with Crippen molar-refractivity contribution in [2.75, 3.05) is 39.8 Å². The number of nitrogens with zero attached hydrogens (tertiary/aromatic N) is 2. The molecular formula is C29H35N3O3. The fourth-order valence-electron chi connectivity index (χ4n) is 6.69. The average Bonchev–Trinajstić information content (AvgIpc) is 3.16. The van der Waals surface area contributed by atoms with E-state index in [-0.39, 0.29) is 5.41 Å². The van der Waals surface area contributed by atoms with Crippen LogP contribution >= 0.6 is 0 Å². The van der Waals surface area contributed by atoms with E-state index < -0.39 is 5.97 Å². The lowest BCUT2D eigenvalue weighted by molar-refractivity contribution is -0.0443. The number of likely N-dealkylation sites (N-methyl/N-ethyl adjacent to an activating group) is 1. The molecule has 1 aromatic heterocycles. The van der Waals surface area contributed by atoms with Gasteiger partial charge < -0.3 is 24.6 Å². The summed E-state index contributed by atoms with van der Waals surface area (Å²) in [5, 5.41) is 14.3. The van der Waals surface area contributed by atoms with Gasteiger partial charge in [0, 0.05) is 54.6 Å². The maximum absolute atomic E-state index is 11.9. The number of para-hydroxylation sites is 1. The number of rotatable bonds is 5. The second kappa shape index (κ2) is 8.99. The van der Waals surface area contributed by atoms with Crippen LogP contribution in [0, 0.1) is 5.41 Å². The summed E-state index contributed by atoms with van der Waals surface area (Å²) in [6.07, 6.45) is 6.20. The molecule has 3 aliphatic rings. The van der Waals surface area contributed by atoms with Gasteiger partial charge in [-0.3, -0.25) is 0 Å². The van der Waals surface area contributed by atoms with Gasteiger partial charge in [0.1, 0.15) is 5.75 Å². The zero-order chi connectivity index (χ0) is 24.0. The Hall–Kier alpha value is -2.83. The molecule has 6 rings (SSSR count). The lowest BCUT2D eigenvalue weighted by Crippen LogP contribution is -2.62. The Labute approximate surface area is 206 Å². The SMILES string of the molecule is CNCCN1CC2(COc3ccccc3-c3c(C4CCCCC4)c4ccc(C(=O)O)cc4n3C2)C1. The highest BCUT2D eigenvalue weighted by molar-refractivity contribution is 5.98. The largest absolute Gasteiger partial charge is 0.492 e. The third kappa shape index (κ3) is 3.93. The summed E-state index contributed by atoms with van der Waals surface area (Å²) in [4.78, 5) is 14.4. The molecule has 1 saturated heterocycles. The monoisotopic (exact) mass is 473 g/mol. The van der Waals surface area contributed by atoms with Crippen LogP contribution in [0.3, 0.4) is 0 Å². The van der Waals surface area contributed by atoms with E-state index in [2.05, 4.69) is 45.1 Å². The number of ether oxygens (including phenoxy) is 1. The summed E-state index contributed by atoms with van der Waals surface area (Å²) in [5.74, 6) is 0.572. The van der Waals surface area contributed by atoms with E-state index in [1.807, 2.05) is 13.1 Å². The fourth-order valence-corrected chi connectivity index (χ4v) is 6.69. The molecule has 0 amide bonds. The normalized spacial score (nSPS) is 19.9. The topological polar surface area (TPSA) is 66.7 Å². The molecule has 0 bridgehead atoms. The minimum Gasteiger partial charge on any atom is -0.492 e. The lowest BCUT2D eigenvalue weighted by atomic mass is 9.79.